The Labute approximate surface area is 183 Å². The van der Waals surface area contributed by atoms with Gasteiger partial charge < -0.3 is 15.4 Å². The number of halogens is 4. The van der Waals surface area contributed by atoms with E-state index in [4.69, 9.17) is 16.3 Å². The standard InChI is InChI=1S/C19H13ClF3N3O6/c20-11-5-6-14(15(9-11)26(30)31)25-17(28)10-32-18(29)12-3-1-2-4-13(12)24-8-7-16(27)19(21,22)23/h1-9,24H,10H2,(H,25,28). The molecule has 2 rings (SSSR count). The number of hydrogen-bond acceptors (Lipinski definition) is 7. The Hall–Kier alpha value is -3.93. The molecule has 0 spiro atoms. The molecule has 13 heteroatoms. The Kier molecular flexibility index (Phi) is 7.91. The Morgan fingerprint density at radius 3 is 2.47 bits per heavy atom. The van der Waals surface area contributed by atoms with E-state index in [1.165, 1.54) is 36.4 Å². The fourth-order valence-electron chi connectivity index (χ4n) is 2.25. The summed E-state index contributed by atoms with van der Waals surface area (Å²) in [5.41, 5.74) is -0.756. The monoisotopic (exact) mass is 471 g/mol. The van der Waals surface area contributed by atoms with Gasteiger partial charge in [0, 0.05) is 23.4 Å². The van der Waals surface area contributed by atoms with Crippen molar-refractivity contribution in [2.75, 3.05) is 17.2 Å². The molecule has 0 aliphatic carbocycles. The molecule has 0 aliphatic heterocycles. The second-order valence-electron chi connectivity index (χ2n) is 5.93. The normalized spacial score (nSPS) is 11.1. The van der Waals surface area contributed by atoms with Crippen LogP contribution < -0.4 is 10.6 Å². The second-order valence-corrected chi connectivity index (χ2v) is 6.36. The van der Waals surface area contributed by atoms with Crippen molar-refractivity contribution in [1.82, 2.24) is 0 Å². The zero-order chi connectivity index (χ0) is 23.9. The van der Waals surface area contributed by atoms with E-state index >= 15 is 0 Å². The number of ketones is 1. The number of carbonyl (C=O) groups excluding carboxylic acids is 3. The van der Waals surface area contributed by atoms with Crippen LogP contribution in [0.5, 0.6) is 0 Å². The van der Waals surface area contributed by atoms with Crippen LogP contribution in [0.3, 0.4) is 0 Å². The van der Waals surface area contributed by atoms with Gasteiger partial charge in [0.05, 0.1) is 16.2 Å². The molecule has 2 aromatic rings. The summed E-state index contributed by atoms with van der Waals surface area (Å²) >= 11 is 5.69. The Bertz CT molecular complexity index is 1090. The third-order valence-corrected chi connectivity index (χ3v) is 3.90. The van der Waals surface area contributed by atoms with Gasteiger partial charge in [-0.2, -0.15) is 13.2 Å². The van der Waals surface area contributed by atoms with Gasteiger partial charge in [-0.15, -0.1) is 0 Å². The van der Waals surface area contributed by atoms with Crippen molar-refractivity contribution in [2.45, 2.75) is 6.18 Å². The fraction of sp³-hybridized carbons (Fsp3) is 0.105. The summed E-state index contributed by atoms with van der Waals surface area (Å²) in [4.78, 5) is 45.4. The van der Waals surface area contributed by atoms with E-state index in [-0.39, 0.29) is 28.0 Å². The van der Waals surface area contributed by atoms with Gasteiger partial charge in [-0.1, -0.05) is 23.7 Å². The molecule has 2 N–H and O–H groups in total. The molecule has 0 radical (unpaired) electrons. The molecule has 0 saturated heterocycles. The maximum atomic E-state index is 12.3. The number of rotatable bonds is 8. The number of nitrogens with zero attached hydrogens (tertiary/aromatic N) is 1. The molecule has 168 valence electrons. The van der Waals surface area contributed by atoms with Crippen molar-refractivity contribution < 1.29 is 37.2 Å². The van der Waals surface area contributed by atoms with E-state index in [1.807, 2.05) is 0 Å². The van der Waals surface area contributed by atoms with Crippen LogP contribution in [0.2, 0.25) is 5.02 Å². The van der Waals surface area contributed by atoms with Crippen molar-refractivity contribution >= 4 is 46.3 Å². The van der Waals surface area contributed by atoms with Gasteiger partial charge in [-0.3, -0.25) is 19.7 Å². The Morgan fingerprint density at radius 1 is 1.12 bits per heavy atom. The third-order valence-electron chi connectivity index (χ3n) is 3.66. The van der Waals surface area contributed by atoms with E-state index in [0.29, 0.717) is 6.20 Å². The number of amides is 1. The minimum atomic E-state index is -5.04. The van der Waals surface area contributed by atoms with Crippen LogP contribution in [0.4, 0.5) is 30.2 Å². The summed E-state index contributed by atoms with van der Waals surface area (Å²) in [5, 5.41) is 15.7. The summed E-state index contributed by atoms with van der Waals surface area (Å²) in [6.45, 7) is -0.810. The van der Waals surface area contributed by atoms with Crippen molar-refractivity contribution in [3.63, 3.8) is 0 Å². The summed E-state index contributed by atoms with van der Waals surface area (Å²) in [7, 11) is 0. The largest absolute Gasteiger partial charge is 0.454 e. The molecule has 0 fully saturated rings. The molecule has 2 aromatic carbocycles. The average Bonchev–Trinajstić information content (AvgIpc) is 2.72. The first kappa shape index (κ1) is 24.3. The zero-order valence-corrected chi connectivity index (χ0v) is 16.6. The minimum absolute atomic E-state index is 0.0115. The van der Waals surface area contributed by atoms with Crippen LogP contribution in [0.1, 0.15) is 10.4 Å². The molecule has 32 heavy (non-hydrogen) atoms. The summed E-state index contributed by atoms with van der Waals surface area (Å²) in [5.74, 6) is -3.99. The maximum absolute atomic E-state index is 12.3. The lowest BCUT2D eigenvalue weighted by molar-refractivity contribution is -0.383. The quantitative estimate of drug-likeness (QED) is 0.257. The number of nitrogens with one attached hydrogen (secondary N) is 2. The first-order valence-corrected chi connectivity index (χ1v) is 8.91. The van der Waals surface area contributed by atoms with E-state index < -0.39 is 41.1 Å². The molecule has 0 heterocycles. The number of nitro groups is 1. The smallest absolute Gasteiger partial charge is 0.452 e. The van der Waals surface area contributed by atoms with Gasteiger partial charge in [0.2, 0.25) is 0 Å². The van der Waals surface area contributed by atoms with Crippen molar-refractivity contribution in [3.8, 4) is 0 Å². The summed E-state index contributed by atoms with van der Waals surface area (Å²) in [6.07, 6.45) is -4.09. The molecule has 1 amide bonds. The highest BCUT2D eigenvalue weighted by molar-refractivity contribution is 6.31. The summed E-state index contributed by atoms with van der Waals surface area (Å²) < 4.78 is 41.5. The molecule has 0 unspecified atom stereocenters. The third kappa shape index (κ3) is 6.80. The van der Waals surface area contributed by atoms with Crippen molar-refractivity contribution in [3.05, 3.63) is 75.4 Å². The number of esters is 1. The van der Waals surface area contributed by atoms with E-state index in [1.54, 1.807) is 0 Å². The van der Waals surface area contributed by atoms with Gasteiger partial charge in [0.25, 0.3) is 17.4 Å². The van der Waals surface area contributed by atoms with Crippen LogP contribution >= 0.6 is 11.6 Å². The van der Waals surface area contributed by atoms with Gasteiger partial charge in [0.15, 0.2) is 6.61 Å². The molecule has 0 aliphatic rings. The number of nitro benzene ring substituents is 1. The van der Waals surface area contributed by atoms with Gasteiger partial charge >= 0.3 is 12.1 Å². The second kappa shape index (κ2) is 10.4. The van der Waals surface area contributed by atoms with Gasteiger partial charge in [-0.05, 0) is 24.3 Å². The number of ether oxygens (including phenoxy) is 1. The number of anilines is 2. The van der Waals surface area contributed by atoms with Crippen LogP contribution in [0, 0.1) is 10.1 Å². The highest BCUT2D eigenvalue weighted by Crippen LogP contribution is 2.27. The number of hydrogen-bond donors (Lipinski definition) is 2. The first-order valence-electron chi connectivity index (χ1n) is 8.53. The van der Waals surface area contributed by atoms with Crippen LogP contribution in [0.25, 0.3) is 0 Å². The topological polar surface area (TPSA) is 128 Å². The average molecular weight is 472 g/mol. The minimum Gasteiger partial charge on any atom is -0.452 e. The molecule has 9 nitrogen and oxygen atoms in total. The number of allylic oxidation sites excluding steroid dienone is 1. The highest BCUT2D eigenvalue weighted by atomic mass is 35.5. The molecule has 0 aromatic heterocycles. The molecule has 0 atom stereocenters. The van der Waals surface area contributed by atoms with Crippen LogP contribution in [-0.4, -0.2) is 35.4 Å². The molecular weight excluding hydrogens is 459 g/mol. The predicted molar refractivity (Wildman–Crippen MR) is 107 cm³/mol. The Balaban J connectivity index is 2.02. The first-order chi connectivity index (χ1) is 15.0. The highest BCUT2D eigenvalue weighted by Gasteiger charge is 2.36. The van der Waals surface area contributed by atoms with Gasteiger partial charge in [0.1, 0.15) is 5.69 Å². The number of benzene rings is 2. The van der Waals surface area contributed by atoms with Crippen LogP contribution in [-0.2, 0) is 14.3 Å². The maximum Gasteiger partial charge on any atom is 0.454 e. The number of carbonyl (C=O) groups is 3. The number of para-hydroxylation sites is 1. The lowest BCUT2D eigenvalue weighted by Crippen LogP contribution is -2.22. The van der Waals surface area contributed by atoms with E-state index in [9.17, 15) is 37.7 Å². The fourth-order valence-corrected chi connectivity index (χ4v) is 2.41. The molecule has 0 bridgehead atoms. The predicted octanol–water partition coefficient (Wildman–Crippen LogP) is 4.10. The van der Waals surface area contributed by atoms with E-state index in [0.717, 1.165) is 6.07 Å². The SMILES string of the molecule is O=C(COC(=O)c1ccccc1NC=CC(=O)C(F)(F)F)Nc1ccc(Cl)cc1[N+](=O)[O-]. The lowest BCUT2D eigenvalue weighted by Gasteiger charge is -2.10. The van der Waals surface area contributed by atoms with Gasteiger partial charge in [-0.25, -0.2) is 4.79 Å². The lowest BCUT2D eigenvalue weighted by atomic mass is 10.2. The Morgan fingerprint density at radius 2 is 1.81 bits per heavy atom. The summed E-state index contributed by atoms with van der Waals surface area (Å²) in [6, 6.07) is 9.04. The number of alkyl halides is 3. The zero-order valence-electron chi connectivity index (χ0n) is 15.8. The van der Waals surface area contributed by atoms with Crippen LogP contribution in [0.15, 0.2) is 54.7 Å². The van der Waals surface area contributed by atoms with Crippen molar-refractivity contribution in [1.29, 1.82) is 0 Å². The van der Waals surface area contributed by atoms with Crippen molar-refractivity contribution in [2.24, 2.45) is 0 Å². The molecule has 0 saturated carbocycles. The molecular formula is C19H13ClF3N3O6. The van der Waals surface area contributed by atoms with E-state index in [2.05, 4.69) is 10.6 Å².